The lowest BCUT2D eigenvalue weighted by molar-refractivity contribution is 1.08. The fraction of sp³-hybridized carbons (Fsp3) is 0.0625. The molecule has 0 amide bonds. The standard InChI is InChI=1S/C16H13N5/c1-10-7-8-12-15(19-10)21(16(17)20-12)13-6-2-4-11-5-3-9-18-14(11)13/h2-9H,1H3,(H2,17,20). The van der Waals surface area contributed by atoms with Gasteiger partial charge in [-0.2, -0.15) is 0 Å². The first-order valence-electron chi connectivity index (χ1n) is 6.70. The van der Waals surface area contributed by atoms with E-state index in [9.17, 15) is 0 Å². The Kier molecular flexibility index (Phi) is 2.41. The van der Waals surface area contributed by atoms with Crippen molar-refractivity contribution in [1.29, 1.82) is 0 Å². The maximum Gasteiger partial charge on any atom is 0.207 e. The number of nitrogens with two attached hydrogens (primary N) is 1. The average molecular weight is 275 g/mol. The van der Waals surface area contributed by atoms with Gasteiger partial charge in [0.15, 0.2) is 5.65 Å². The maximum absolute atomic E-state index is 6.11. The molecule has 1 aromatic carbocycles. The van der Waals surface area contributed by atoms with Crippen LogP contribution in [0.3, 0.4) is 0 Å². The summed E-state index contributed by atoms with van der Waals surface area (Å²) < 4.78 is 1.86. The van der Waals surface area contributed by atoms with Crippen LogP contribution in [0.25, 0.3) is 27.8 Å². The number of aromatic nitrogens is 4. The van der Waals surface area contributed by atoms with Crippen LogP contribution in [0.1, 0.15) is 5.69 Å². The average Bonchev–Trinajstić information content (AvgIpc) is 2.82. The van der Waals surface area contributed by atoms with Gasteiger partial charge in [-0.3, -0.25) is 9.55 Å². The largest absolute Gasteiger partial charge is 0.369 e. The third kappa shape index (κ3) is 1.74. The summed E-state index contributed by atoms with van der Waals surface area (Å²) in [5.74, 6) is 0.418. The molecule has 5 heteroatoms. The number of pyridine rings is 2. The third-order valence-electron chi connectivity index (χ3n) is 3.52. The molecule has 0 aliphatic heterocycles. The smallest absolute Gasteiger partial charge is 0.207 e. The van der Waals surface area contributed by atoms with Gasteiger partial charge in [-0.15, -0.1) is 0 Å². The summed E-state index contributed by atoms with van der Waals surface area (Å²) in [7, 11) is 0. The normalized spacial score (nSPS) is 11.3. The molecule has 4 rings (SSSR count). The SMILES string of the molecule is Cc1ccc2nc(N)n(-c3cccc4cccnc34)c2n1. The third-order valence-corrected chi connectivity index (χ3v) is 3.52. The molecule has 0 unspecified atom stereocenters. The molecule has 4 aromatic rings. The first-order valence-corrected chi connectivity index (χ1v) is 6.70. The summed E-state index contributed by atoms with van der Waals surface area (Å²) >= 11 is 0. The van der Waals surface area contributed by atoms with Gasteiger partial charge in [0.05, 0.1) is 11.2 Å². The van der Waals surface area contributed by atoms with E-state index in [2.05, 4.69) is 15.0 Å². The molecule has 0 fully saturated rings. The van der Waals surface area contributed by atoms with Gasteiger partial charge in [-0.05, 0) is 31.2 Å². The Balaban J connectivity index is 2.14. The molecule has 3 heterocycles. The van der Waals surface area contributed by atoms with Crippen LogP contribution in [0.4, 0.5) is 5.95 Å². The summed E-state index contributed by atoms with van der Waals surface area (Å²) in [5.41, 5.74) is 10.4. The van der Waals surface area contributed by atoms with E-state index in [-0.39, 0.29) is 0 Å². The highest BCUT2D eigenvalue weighted by Crippen LogP contribution is 2.26. The van der Waals surface area contributed by atoms with E-state index in [0.29, 0.717) is 5.95 Å². The Hall–Kier alpha value is -2.95. The van der Waals surface area contributed by atoms with Crippen LogP contribution in [0.15, 0.2) is 48.7 Å². The topological polar surface area (TPSA) is 69.6 Å². The maximum atomic E-state index is 6.11. The van der Waals surface area contributed by atoms with Gasteiger partial charge in [0.1, 0.15) is 5.52 Å². The highest BCUT2D eigenvalue weighted by Gasteiger charge is 2.14. The van der Waals surface area contributed by atoms with Crippen molar-refractivity contribution in [2.75, 3.05) is 5.73 Å². The van der Waals surface area contributed by atoms with Crippen LogP contribution in [0, 0.1) is 6.92 Å². The Labute approximate surface area is 121 Å². The van der Waals surface area contributed by atoms with Gasteiger partial charge in [0.25, 0.3) is 0 Å². The molecule has 0 bridgehead atoms. The van der Waals surface area contributed by atoms with Crippen molar-refractivity contribution in [3.05, 3.63) is 54.4 Å². The van der Waals surface area contributed by atoms with Crippen molar-refractivity contribution in [3.63, 3.8) is 0 Å². The quantitative estimate of drug-likeness (QED) is 0.580. The minimum atomic E-state index is 0.418. The predicted octanol–water partition coefficient (Wildman–Crippen LogP) is 2.86. The molecule has 0 spiro atoms. The summed E-state index contributed by atoms with van der Waals surface area (Å²) in [5, 5.41) is 1.06. The first kappa shape index (κ1) is 11.8. The summed E-state index contributed by atoms with van der Waals surface area (Å²) in [4.78, 5) is 13.4. The summed E-state index contributed by atoms with van der Waals surface area (Å²) in [6.45, 7) is 1.95. The molecule has 0 aliphatic rings. The van der Waals surface area contributed by atoms with E-state index in [1.165, 1.54) is 0 Å². The van der Waals surface area contributed by atoms with Gasteiger partial charge in [-0.1, -0.05) is 18.2 Å². The minimum Gasteiger partial charge on any atom is -0.369 e. The number of aryl methyl sites for hydroxylation is 1. The van der Waals surface area contributed by atoms with Crippen LogP contribution in [-0.2, 0) is 0 Å². The zero-order valence-corrected chi connectivity index (χ0v) is 11.5. The summed E-state index contributed by atoms with van der Waals surface area (Å²) in [6.07, 6.45) is 1.78. The fourth-order valence-electron chi connectivity index (χ4n) is 2.58. The molecule has 102 valence electrons. The first-order chi connectivity index (χ1) is 10.2. The zero-order chi connectivity index (χ0) is 14.4. The van der Waals surface area contributed by atoms with Crippen molar-refractivity contribution < 1.29 is 0 Å². The monoisotopic (exact) mass is 275 g/mol. The molecule has 0 radical (unpaired) electrons. The second-order valence-corrected chi connectivity index (χ2v) is 4.95. The van der Waals surface area contributed by atoms with Crippen LogP contribution >= 0.6 is 0 Å². The minimum absolute atomic E-state index is 0.418. The molecule has 0 atom stereocenters. The molecule has 0 saturated heterocycles. The highest BCUT2D eigenvalue weighted by atomic mass is 15.2. The van der Waals surface area contributed by atoms with Crippen molar-refractivity contribution in [2.24, 2.45) is 0 Å². The Morgan fingerprint density at radius 1 is 1.00 bits per heavy atom. The molecule has 0 aliphatic carbocycles. The lowest BCUT2D eigenvalue weighted by Gasteiger charge is -2.09. The predicted molar refractivity (Wildman–Crippen MR) is 83.3 cm³/mol. The van der Waals surface area contributed by atoms with E-state index >= 15 is 0 Å². The number of fused-ring (bicyclic) bond motifs is 2. The fourth-order valence-corrected chi connectivity index (χ4v) is 2.58. The van der Waals surface area contributed by atoms with Crippen LogP contribution < -0.4 is 5.73 Å². The van der Waals surface area contributed by atoms with E-state index in [1.807, 2.05) is 54.0 Å². The van der Waals surface area contributed by atoms with Gasteiger partial charge < -0.3 is 5.73 Å². The zero-order valence-electron chi connectivity index (χ0n) is 11.5. The van der Waals surface area contributed by atoms with Crippen LogP contribution in [0.2, 0.25) is 0 Å². The Morgan fingerprint density at radius 2 is 1.86 bits per heavy atom. The number of nitrogen functional groups attached to an aromatic ring is 1. The van der Waals surface area contributed by atoms with Gasteiger partial charge in [-0.25, -0.2) is 9.97 Å². The second kappa shape index (κ2) is 4.28. The van der Waals surface area contributed by atoms with Crippen molar-refractivity contribution in [3.8, 4) is 5.69 Å². The molecule has 3 aromatic heterocycles. The Morgan fingerprint density at radius 3 is 2.76 bits per heavy atom. The van der Waals surface area contributed by atoms with E-state index in [1.54, 1.807) is 6.20 Å². The number of hydrogen-bond acceptors (Lipinski definition) is 4. The van der Waals surface area contributed by atoms with Crippen molar-refractivity contribution >= 4 is 28.0 Å². The molecule has 2 N–H and O–H groups in total. The summed E-state index contributed by atoms with van der Waals surface area (Å²) in [6, 6.07) is 13.8. The number of para-hydroxylation sites is 1. The highest BCUT2D eigenvalue weighted by molar-refractivity contribution is 5.89. The molecular weight excluding hydrogens is 262 g/mol. The number of hydrogen-bond donors (Lipinski definition) is 1. The van der Waals surface area contributed by atoms with Crippen molar-refractivity contribution in [1.82, 2.24) is 19.5 Å². The second-order valence-electron chi connectivity index (χ2n) is 4.95. The number of anilines is 1. The van der Waals surface area contributed by atoms with Gasteiger partial charge in [0, 0.05) is 17.3 Å². The number of rotatable bonds is 1. The molecule has 5 nitrogen and oxygen atoms in total. The van der Waals surface area contributed by atoms with Gasteiger partial charge in [0.2, 0.25) is 5.95 Å². The Bertz CT molecular complexity index is 966. The number of imidazole rings is 1. The van der Waals surface area contributed by atoms with Crippen LogP contribution in [0.5, 0.6) is 0 Å². The lowest BCUT2D eigenvalue weighted by atomic mass is 10.2. The van der Waals surface area contributed by atoms with Crippen LogP contribution in [-0.4, -0.2) is 19.5 Å². The number of benzene rings is 1. The molecule has 21 heavy (non-hydrogen) atoms. The van der Waals surface area contributed by atoms with Crippen molar-refractivity contribution in [2.45, 2.75) is 6.92 Å². The number of nitrogens with zero attached hydrogens (tertiary/aromatic N) is 4. The molecular formula is C16H13N5. The van der Waals surface area contributed by atoms with E-state index in [4.69, 9.17) is 5.73 Å². The van der Waals surface area contributed by atoms with E-state index in [0.717, 1.165) is 33.4 Å². The lowest BCUT2D eigenvalue weighted by Crippen LogP contribution is -2.03. The van der Waals surface area contributed by atoms with Gasteiger partial charge >= 0.3 is 0 Å². The molecule has 0 saturated carbocycles. The van der Waals surface area contributed by atoms with E-state index < -0.39 is 0 Å².